The molecule has 0 radical (unpaired) electrons. The lowest BCUT2D eigenvalue weighted by Gasteiger charge is -2.45. The molecular weight excluding hydrogens is 485 g/mol. The molecule has 1 amide bonds. The first-order valence-corrected chi connectivity index (χ1v) is 11.7. The second-order valence-corrected chi connectivity index (χ2v) is 9.95. The van der Waals surface area contributed by atoms with Crippen molar-refractivity contribution >= 4 is 47.6 Å². The highest BCUT2D eigenvalue weighted by Gasteiger charge is 2.38. The zero-order chi connectivity index (χ0) is 19.1. The highest BCUT2D eigenvalue weighted by atomic mass is 127. The summed E-state index contributed by atoms with van der Waals surface area (Å²) in [6.07, 6.45) is 9.99. The summed E-state index contributed by atoms with van der Waals surface area (Å²) < 4.78 is 0.464. The molecule has 1 aliphatic carbocycles. The number of piperidine rings is 1. The summed E-state index contributed by atoms with van der Waals surface area (Å²) in [4.78, 5) is 20.8. The normalized spacial score (nSPS) is 26.0. The standard InChI is InChI=1S/C20H37N5OS.HI/c1-22-19(25-13-14-27-20(16-25)8-3-2-4-9-20)23-10-6-12-24-11-5-7-17(15-24)18(21)26;/h17H,2-16H2,1H3,(H2,21,26)(H,22,23);1H. The van der Waals surface area contributed by atoms with Crippen molar-refractivity contribution in [3.8, 4) is 0 Å². The van der Waals surface area contributed by atoms with Crippen molar-refractivity contribution in [1.82, 2.24) is 15.1 Å². The molecule has 0 aromatic heterocycles. The first-order chi connectivity index (χ1) is 13.1. The molecular formula is C20H38IN5OS. The lowest BCUT2D eigenvalue weighted by molar-refractivity contribution is -0.123. The largest absolute Gasteiger partial charge is 0.369 e. The van der Waals surface area contributed by atoms with E-state index in [9.17, 15) is 4.79 Å². The molecule has 1 saturated carbocycles. The molecule has 162 valence electrons. The average Bonchev–Trinajstić information content (AvgIpc) is 2.69. The van der Waals surface area contributed by atoms with Crippen LogP contribution in [0, 0.1) is 5.92 Å². The Bertz CT molecular complexity index is 521. The quantitative estimate of drug-likeness (QED) is 0.251. The fourth-order valence-corrected chi connectivity index (χ4v) is 6.42. The van der Waals surface area contributed by atoms with Gasteiger partial charge in [-0.05, 0) is 45.2 Å². The molecule has 3 N–H and O–H groups in total. The van der Waals surface area contributed by atoms with Crippen molar-refractivity contribution in [3.63, 3.8) is 0 Å². The maximum absolute atomic E-state index is 11.4. The van der Waals surface area contributed by atoms with Crippen molar-refractivity contribution in [2.45, 2.75) is 56.1 Å². The van der Waals surface area contributed by atoms with Gasteiger partial charge in [-0.15, -0.1) is 24.0 Å². The van der Waals surface area contributed by atoms with Crippen LogP contribution in [0.25, 0.3) is 0 Å². The van der Waals surface area contributed by atoms with Gasteiger partial charge in [0.15, 0.2) is 5.96 Å². The summed E-state index contributed by atoms with van der Waals surface area (Å²) in [7, 11) is 1.90. The van der Waals surface area contributed by atoms with Gasteiger partial charge in [0.05, 0.1) is 5.92 Å². The summed E-state index contributed by atoms with van der Waals surface area (Å²) in [5, 5.41) is 3.58. The van der Waals surface area contributed by atoms with E-state index in [-0.39, 0.29) is 35.8 Å². The fraction of sp³-hybridized carbons (Fsp3) is 0.900. The number of carbonyl (C=O) groups excluding carboxylic acids is 1. The number of primary amides is 1. The molecule has 6 nitrogen and oxygen atoms in total. The first-order valence-electron chi connectivity index (χ1n) is 10.7. The molecule has 8 heteroatoms. The van der Waals surface area contributed by atoms with Crippen LogP contribution >= 0.6 is 35.7 Å². The van der Waals surface area contributed by atoms with Gasteiger partial charge in [-0.1, -0.05) is 19.3 Å². The van der Waals surface area contributed by atoms with Gasteiger partial charge in [-0.2, -0.15) is 11.8 Å². The third-order valence-corrected chi connectivity index (χ3v) is 7.90. The van der Waals surface area contributed by atoms with Crippen LogP contribution in [0.1, 0.15) is 51.4 Å². The van der Waals surface area contributed by atoms with Gasteiger partial charge < -0.3 is 20.9 Å². The molecule has 0 aromatic carbocycles. The smallest absolute Gasteiger partial charge is 0.221 e. The molecule has 3 fully saturated rings. The molecule has 0 aromatic rings. The Kier molecular flexibility index (Phi) is 10.2. The molecule has 2 saturated heterocycles. The van der Waals surface area contributed by atoms with Crippen LogP contribution in [0.15, 0.2) is 4.99 Å². The molecule has 3 aliphatic rings. The number of amides is 1. The van der Waals surface area contributed by atoms with Crippen molar-refractivity contribution in [1.29, 1.82) is 0 Å². The van der Waals surface area contributed by atoms with Crippen LogP contribution in [0.2, 0.25) is 0 Å². The number of hydrogen-bond acceptors (Lipinski definition) is 4. The van der Waals surface area contributed by atoms with E-state index >= 15 is 0 Å². The van der Waals surface area contributed by atoms with E-state index in [0.717, 1.165) is 64.5 Å². The van der Waals surface area contributed by atoms with E-state index in [2.05, 4.69) is 31.9 Å². The van der Waals surface area contributed by atoms with E-state index in [4.69, 9.17) is 5.73 Å². The second-order valence-electron chi connectivity index (χ2n) is 8.38. The summed E-state index contributed by atoms with van der Waals surface area (Å²) in [6.45, 7) is 6.11. The van der Waals surface area contributed by atoms with E-state index in [1.165, 1.54) is 37.9 Å². The monoisotopic (exact) mass is 523 g/mol. The zero-order valence-electron chi connectivity index (χ0n) is 17.3. The third kappa shape index (κ3) is 6.65. The third-order valence-electron chi connectivity index (χ3n) is 6.37. The highest BCUT2D eigenvalue weighted by molar-refractivity contribution is 14.0. The van der Waals surface area contributed by atoms with Gasteiger partial charge in [-0.25, -0.2) is 0 Å². The van der Waals surface area contributed by atoms with Crippen LogP contribution in [0.5, 0.6) is 0 Å². The average molecular weight is 524 g/mol. The highest BCUT2D eigenvalue weighted by Crippen LogP contribution is 2.42. The predicted molar refractivity (Wildman–Crippen MR) is 130 cm³/mol. The van der Waals surface area contributed by atoms with Gasteiger partial charge in [0.1, 0.15) is 0 Å². The Morgan fingerprint density at radius 3 is 2.75 bits per heavy atom. The minimum absolute atomic E-state index is 0. The number of aliphatic imine (C=N–C) groups is 1. The van der Waals surface area contributed by atoms with Crippen LogP contribution in [0.4, 0.5) is 0 Å². The number of nitrogens with zero attached hydrogens (tertiary/aromatic N) is 3. The number of nitrogens with one attached hydrogen (secondary N) is 1. The predicted octanol–water partition coefficient (Wildman–Crippen LogP) is 2.52. The minimum Gasteiger partial charge on any atom is -0.369 e. The van der Waals surface area contributed by atoms with E-state index < -0.39 is 0 Å². The van der Waals surface area contributed by atoms with Gasteiger partial charge in [0, 0.05) is 43.7 Å². The molecule has 1 spiro atoms. The molecule has 1 atom stereocenters. The molecule has 2 heterocycles. The Morgan fingerprint density at radius 2 is 2.04 bits per heavy atom. The van der Waals surface area contributed by atoms with Crippen LogP contribution in [0.3, 0.4) is 0 Å². The van der Waals surface area contributed by atoms with Crippen molar-refractivity contribution in [3.05, 3.63) is 0 Å². The number of carbonyl (C=O) groups is 1. The maximum atomic E-state index is 11.4. The van der Waals surface area contributed by atoms with Gasteiger partial charge in [0.25, 0.3) is 0 Å². The van der Waals surface area contributed by atoms with E-state index in [1.54, 1.807) is 0 Å². The Balaban J connectivity index is 0.00000280. The van der Waals surface area contributed by atoms with Crippen molar-refractivity contribution in [2.24, 2.45) is 16.6 Å². The number of likely N-dealkylation sites (tertiary alicyclic amines) is 1. The van der Waals surface area contributed by atoms with Crippen molar-refractivity contribution in [2.75, 3.05) is 52.1 Å². The van der Waals surface area contributed by atoms with E-state index in [1.807, 2.05) is 7.05 Å². The molecule has 0 bridgehead atoms. The number of rotatable bonds is 5. The first kappa shape index (κ1) is 24.1. The number of nitrogens with two attached hydrogens (primary N) is 1. The van der Waals surface area contributed by atoms with Crippen LogP contribution in [-0.4, -0.2) is 78.5 Å². The SMILES string of the molecule is CN=C(NCCCN1CCCC(C(N)=O)C1)N1CCSC2(CCCCC2)C1.I. The van der Waals surface area contributed by atoms with Gasteiger partial charge >= 0.3 is 0 Å². The summed E-state index contributed by atoms with van der Waals surface area (Å²) in [6, 6.07) is 0. The van der Waals surface area contributed by atoms with Gasteiger partial charge in [0.2, 0.25) is 5.91 Å². The van der Waals surface area contributed by atoms with E-state index in [0.29, 0.717) is 4.75 Å². The summed E-state index contributed by atoms with van der Waals surface area (Å²) >= 11 is 2.20. The summed E-state index contributed by atoms with van der Waals surface area (Å²) in [5.74, 6) is 2.17. The number of thioether (sulfide) groups is 1. The number of guanidine groups is 1. The maximum Gasteiger partial charge on any atom is 0.221 e. The van der Waals surface area contributed by atoms with Crippen LogP contribution < -0.4 is 11.1 Å². The Labute approximate surface area is 191 Å². The second kappa shape index (κ2) is 11.8. The molecule has 1 unspecified atom stereocenters. The molecule has 28 heavy (non-hydrogen) atoms. The Hall–Kier alpha value is -0.220. The number of halogens is 1. The zero-order valence-corrected chi connectivity index (χ0v) is 20.5. The molecule has 2 aliphatic heterocycles. The lowest BCUT2D eigenvalue weighted by Crippen LogP contribution is -2.53. The lowest BCUT2D eigenvalue weighted by atomic mass is 9.87. The number of hydrogen-bond donors (Lipinski definition) is 2. The van der Waals surface area contributed by atoms with Crippen molar-refractivity contribution < 1.29 is 4.79 Å². The van der Waals surface area contributed by atoms with Gasteiger partial charge in [-0.3, -0.25) is 9.79 Å². The van der Waals surface area contributed by atoms with Crippen LogP contribution in [-0.2, 0) is 4.79 Å². The summed E-state index contributed by atoms with van der Waals surface area (Å²) in [5.41, 5.74) is 5.48. The fourth-order valence-electron chi connectivity index (χ4n) is 4.85. The minimum atomic E-state index is -0.141. The Morgan fingerprint density at radius 1 is 1.25 bits per heavy atom. The molecule has 3 rings (SSSR count). The topological polar surface area (TPSA) is 74.0 Å².